The second-order valence-electron chi connectivity index (χ2n) is 16.9. The molecule has 1 aliphatic carbocycles. The highest BCUT2D eigenvalue weighted by Crippen LogP contribution is 2.43. The van der Waals surface area contributed by atoms with Gasteiger partial charge in [-0.1, -0.05) is 84.3 Å². The van der Waals surface area contributed by atoms with Crippen LogP contribution in [0.2, 0.25) is 36.3 Å². The fraction of sp³-hybridized carbons (Fsp3) is 0.757. The fourth-order valence-corrected chi connectivity index (χ4v) is 7.40. The average molecular weight is 631 g/mol. The van der Waals surface area contributed by atoms with Crippen molar-refractivity contribution in [2.24, 2.45) is 5.41 Å². The highest BCUT2D eigenvalue weighted by atomic mass is 28.4. The van der Waals surface area contributed by atoms with Crippen molar-refractivity contribution in [3.8, 4) is 0 Å². The van der Waals surface area contributed by atoms with Crippen LogP contribution in [0.1, 0.15) is 121 Å². The Hall–Kier alpha value is -1.22. The van der Waals surface area contributed by atoms with Gasteiger partial charge in [-0.3, -0.25) is 0 Å². The largest absolute Gasteiger partial charge is 0.454 e. The Labute approximate surface area is 268 Å². The lowest BCUT2D eigenvalue weighted by Crippen LogP contribution is -2.41. The first kappa shape index (κ1) is 38.0. The molecule has 0 aromatic rings. The lowest BCUT2D eigenvalue weighted by atomic mass is 9.71. The van der Waals surface area contributed by atoms with Crippen LogP contribution in [-0.2, 0) is 18.4 Å². The molecule has 0 saturated heterocycles. The number of hydrogen-bond acceptors (Lipinski definition) is 4. The van der Waals surface area contributed by atoms with E-state index in [1.807, 2.05) is 0 Å². The van der Waals surface area contributed by atoms with Gasteiger partial charge in [0, 0.05) is 18.1 Å². The van der Waals surface area contributed by atoms with Gasteiger partial charge in [-0.2, -0.15) is 0 Å². The summed E-state index contributed by atoms with van der Waals surface area (Å²) in [6.07, 6.45) is 14.9. The molecule has 4 nitrogen and oxygen atoms in total. The van der Waals surface area contributed by atoms with Gasteiger partial charge in [0.25, 0.3) is 0 Å². The molecular formula is C37H66O4Si2. The Kier molecular flexibility index (Phi) is 13.2. The zero-order chi connectivity index (χ0) is 32.9. The van der Waals surface area contributed by atoms with Crippen LogP contribution < -0.4 is 0 Å². The van der Waals surface area contributed by atoms with Crippen LogP contribution in [-0.4, -0.2) is 41.9 Å². The SMILES string of the molecule is CC1=C(CC/C(C)=C/CC/C(=C\C[C@H]2OC(=O)C=C2CO[Si](C)(C)C(C)(C)C)CO[Si](C)(C)C(C)(C)C)C(C)(C)CCC1. The second-order valence-corrected chi connectivity index (χ2v) is 26.5. The minimum atomic E-state index is -1.93. The summed E-state index contributed by atoms with van der Waals surface area (Å²) in [5.74, 6) is -0.253. The van der Waals surface area contributed by atoms with E-state index in [4.69, 9.17) is 13.6 Å². The molecular weight excluding hydrogens is 565 g/mol. The molecule has 1 aliphatic heterocycles. The Morgan fingerprint density at radius 2 is 1.60 bits per heavy atom. The van der Waals surface area contributed by atoms with Gasteiger partial charge in [0.15, 0.2) is 16.6 Å². The number of esters is 1. The van der Waals surface area contributed by atoms with Crippen LogP contribution in [0.5, 0.6) is 0 Å². The number of cyclic esters (lactones) is 1. The van der Waals surface area contributed by atoms with E-state index in [1.165, 1.54) is 36.8 Å². The molecule has 43 heavy (non-hydrogen) atoms. The summed E-state index contributed by atoms with van der Waals surface area (Å²) >= 11 is 0. The minimum absolute atomic E-state index is 0.120. The van der Waals surface area contributed by atoms with Crippen LogP contribution in [0.15, 0.2) is 46.1 Å². The summed E-state index contributed by atoms with van der Waals surface area (Å²) in [7, 11) is -3.82. The monoisotopic (exact) mass is 630 g/mol. The molecule has 1 atom stereocenters. The first-order valence-electron chi connectivity index (χ1n) is 16.8. The summed E-state index contributed by atoms with van der Waals surface area (Å²) in [4.78, 5) is 12.3. The predicted molar refractivity (Wildman–Crippen MR) is 190 cm³/mol. The lowest BCUT2D eigenvalue weighted by Gasteiger charge is -2.36. The Morgan fingerprint density at radius 1 is 1.00 bits per heavy atom. The zero-order valence-electron chi connectivity index (χ0n) is 30.5. The van der Waals surface area contributed by atoms with E-state index >= 15 is 0 Å². The van der Waals surface area contributed by atoms with Crippen LogP contribution in [0, 0.1) is 5.41 Å². The predicted octanol–water partition coefficient (Wildman–Crippen LogP) is 11.2. The van der Waals surface area contributed by atoms with Crippen LogP contribution in [0.3, 0.4) is 0 Å². The quantitative estimate of drug-likeness (QED) is 0.109. The van der Waals surface area contributed by atoms with E-state index in [9.17, 15) is 4.79 Å². The second kappa shape index (κ2) is 14.9. The molecule has 6 heteroatoms. The van der Waals surface area contributed by atoms with Crippen molar-refractivity contribution < 1.29 is 18.4 Å². The molecule has 2 aliphatic rings. The number of ether oxygens (including phenoxy) is 1. The number of hydrogen-bond donors (Lipinski definition) is 0. The van der Waals surface area contributed by atoms with Gasteiger partial charge in [-0.05, 0) is 106 Å². The molecule has 0 spiro atoms. The third-order valence-electron chi connectivity index (χ3n) is 10.8. The number of rotatable bonds is 14. The summed E-state index contributed by atoms with van der Waals surface area (Å²) in [6.45, 7) is 33.3. The Balaban J connectivity index is 2.11. The van der Waals surface area contributed by atoms with Crippen LogP contribution in [0.4, 0.5) is 0 Å². The number of carbonyl (C=O) groups excluding carboxylic acids is 1. The van der Waals surface area contributed by atoms with E-state index in [-0.39, 0.29) is 22.1 Å². The van der Waals surface area contributed by atoms with Crippen molar-refractivity contribution in [2.45, 2.75) is 163 Å². The first-order chi connectivity index (χ1) is 19.6. The van der Waals surface area contributed by atoms with Gasteiger partial charge < -0.3 is 13.6 Å². The minimum Gasteiger partial charge on any atom is -0.454 e. The van der Waals surface area contributed by atoms with Crippen LogP contribution >= 0.6 is 0 Å². The summed E-state index contributed by atoms with van der Waals surface area (Å²) < 4.78 is 18.9. The van der Waals surface area contributed by atoms with Gasteiger partial charge in [0.2, 0.25) is 0 Å². The average Bonchev–Trinajstić information content (AvgIpc) is 3.21. The summed E-state index contributed by atoms with van der Waals surface area (Å²) in [5.41, 5.74) is 7.38. The molecule has 246 valence electrons. The van der Waals surface area contributed by atoms with E-state index in [0.717, 1.165) is 24.8 Å². The summed E-state index contributed by atoms with van der Waals surface area (Å²) in [6, 6.07) is 0. The van der Waals surface area contributed by atoms with Gasteiger partial charge in [-0.25, -0.2) is 4.79 Å². The fourth-order valence-electron chi connectivity index (χ4n) is 5.46. The molecule has 2 rings (SSSR count). The van der Waals surface area contributed by atoms with Crippen LogP contribution in [0.25, 0.3) is 0 Å². The number of allylic oxidation sites excluding steroid dienone is 4. The van der Waals surface area contributed by atoms with Crippen molar-refractivity contribution >= 4 is 22.6 Å². The highest BCUT2D eigenvalue weighted by molar-refractivity contribution is 6.74. The van der Waals surface area contributed by atoms with E-state index in [1.54, 1.807) is 17.2 Å². The van der Waals surface area contributed by atoms with Crippen molar-refractivity contribution in [1.82, 2.24) is 0 Å². The zero-order valence-corrected chi connectivity index (χ0v) is 32.5. The Morgan fingerprint density at radius 3 is 2.19 bits per heavy atom. The normalized spacial score (nSPS) is 20.9. The van der Waals surface area contributed by atoms with Gasteiger partial charge in [0.1, 0.15) is 6.10 Å². The first-order valence-corrected chi connectivity index (χ1v) is 22.6. The molecule has 1 heterocycles. The van der Waals surface area contributed by atoms with Crippen molar-refractivity contribution in [1.29, 1.82) is 0 Å². The third kappa shape index (κ3) is 11.3. The number of carbonyl (C=O) groups is 1. The standard InChI is InChI=1S/C37H66O4Si2/c1-28(20-22-32-29(2)18-16-24-37(32,9)10)17-15-19-30(26-39-42(11,12)35(3,4)5)21-23-33-31(25-34(38)41-33)27-40-43(13,14)36(6,7)8/h17,21,25,33H,15-16,18-20,22-24,26-27H2,1-14H3/b28-17+,30-21+/t33-/m1/s1. The lowest BCUT2D eigenvalue weighted by molar-refractivity contribution is -0.138. The molecule has 0 N–H and O–H groups in total. The molecule has 0 unspecified atom stereocenters. The molecule has 0 aromatic heterocycles. The molecule has 0 fully saturated rings. The van der Waals surface area contributed by atoms with E-state index in [0.29, 0.717) is 25.0 Å². The van der Waals surface area contributed by atoms with E-state index in [2.05, 4.69) is 108 Å². The Bertz CT molecular complexity index is 1090. The maximum Gasteiger partial charge on any atom is 0.331 e. The van der Waals surface area contributed by atoms with Gasteiger partial charge >= 0.3 is 5.97 Å². The third-order valence-corrected chi connectivity index (χ3v) is 19.8. The van der Waals surface area contributed by atoms with Crippen molar-refractivity contribution in [3.05, 3.63) is 46.1 Å². The maximum absolute atomic E-state index is 12.3. The highest BCUT2D eigenvalue weighted by Gasteiger charge is 2.39. The van der Waals surface area contributed by atoms with E-state index < -0.39 is 16.6 Å². The molecule has 0 radical (unpaired) electrons. The topological polar surface area (TPSA) is 44.8 Å². The molecule has 0 bridgehead atoms. The van der Waals surface area contributed by atoms with Crippen molar-refractivity contribution in [2.75, 3.05) is 13.2 Å². The van der Waals surface area contributed by atoms with Crippen molar-refractivity contribution in [3.63, 3.8) is 0 Å². The summed E-state index contributed by atoms with van der Waals surface area (Å²) in [5, 5.41) is 0.279. The smallest absolute Gasteiger partial charge is 0.331 e. The molecule has 0 saturated carbocycles. The van der Waals surface area contributed by atoms with Gasteiger partial charge in [0.05, 0.1) is 13.2 Å². The maximum atomic E-state index is 12.3. The molecule has 0 aromatic carbocycles. The molecule has 0 amide bonds. The van der Waals surface area contributed by atoms with Gasteiger partial charge in [-0.15, -0.1) is 0 Å².